The van der Waals surface area contributed by atoms with E-state index in [1.165, 1.54) is 12.1 Å². The first-order chi connectivity index (χ1) is 4.74. The summed E-state index contributed by atoms with van der Waals surface area (Å²) in [5, 5.41) is 8.93. The van der Waals surface area contributed by atoms with Crippen molar-refractivity contribution in [2.75, 3.05) is 0 Å². The molecule has 0 aliphatic heterocycles. The molecule has 0 fully saturated rings. The Morgan fingerprint density at radius 1 is 1.60 bits per heavy atom. The van der Waals surface area contributed by atoms with Crippen molar-refractivity contribution in [1.29, 1.82) is 0 Å². The molecule has 0 amide bonds. The number of pyridine rings is 1. The Labute approximate surface area is 57.7 Å². The van der Waals surface area contributed by atoms with Crippen LogP contribution in [-0.2, 0) is 0 Å². The summed E-state index contributed by atoms with van der Waals surface area (Å²) in [6.45, 7) is 3.34. The van der Waals surface area contributed by atoms with Crippen LogP contribution in [0.25, 0.3) is 6.08 Å². The molecule has 0 aromatic carbocycles. The summed E-state index contributed by atoms with van der Waals surface area (Å²) in [5.41, 5.74) is 0.167. The van der Waals surface area contributed by atoms with E-state index in [2.05, 4.69) is 11.6 Å². The van der Waals surface area contributed by atoms with E-state index < -0.39 is 5.95 Å². The number of nitrogens with zero attached hydrogens (tertiary/aromatic N) is 1. The van der Waals surface area contributed by atoms with Crippen molar-refractivity contribution in [1.82, 2.24) is 4.98 Å². The summed E-state index contributed by atoms with van der Waals surface area (Å²) in [5.74, 6) is -0.677. The minimum Gasteiger partial charge on any atom is -0.506 e. The van der Waals surface area contributed by atoms with E-state index >= 15 is 0 Å². The molecular formula is C7H6FNO. The summed E-state index contributed by atoms with van der Waals surface area (Å²) in [6.07, 6.45) is 1.29. The zero-order valence-corrected chi connectivity index (χ0v) is 5.21. The quantitative estimate of drug-likeness (QED) is 0.599. The van der Waals surface area contributed by atoms with E-state index in [0.29, 0.717) is 0 Å². The maximum atomic E-state index is 12.3. The Balaban J connectivity index is 3.21. The van der Waals surface area contributed by atoms with Crippen molar-refractivity contribution in [2.45, 2.75) is 0 Å². The van der Waals surface area contributed by atoms with Crippen molar-refractivity contribution < 1.29 is 9.50 Å². The van der Waals surface area contributed by atoms with Crippen LogP contribution in [0.4, 0.5) is 4.39 Å². The second kappa shape index (κ2) is 2.47. The molecule has 10 heavy (non-hydrogen) atoms. The molecule has 0 spiro atoms. The van der Waals surface area contributed by atoms with Gasteiger partial charge in [-0.05, 0) is 18.2 Å². The van der Waals surface area contributed by atoms with Gasteiger partial charge in [0.25, 0.3) is 0 Å². The molecule has 1 aromatic heterocycles. The van der Waals surface area contributed by atoms with Gasteiger partial charge in [-0.15, -0.1) is 0 Å². The Morgan fingerprint density at radius 3 is 2.80 bits per heavy atom. The molecule has 0 bridgehead atoms. The lowest BCUT2D eigenvalue weighted by molar-refractivity contribution is 0.465. The molecule has 0 saturated heterocycles. The Bertz CT molecular complexity index is 260. The highest BCUT2D eigenvalue weighted by Gasteiger charge is 1.98. The number of halogens is 1. The van der Waals surface area contributed by atoms with Gasteiger partial charge in [-0.25, -0.2) is 4.98 Å². The highest BCUT2D eigenvalue weighted by atomic mass is 19.1. The van der Waals surface area contributed by atoms with E-state index in [1.807, 2.05) is 0 Å². The van der Waals surface area contributed by atoms with Crippen LogP contribution in [0.5, 0.6) is 5.75 Å². The lowest BCUT2D eigenvalue weighted by atomic mass is 10.3. The van der Waals surface area contributed by atoms with Crippen LogP contribution in [0, 0.1) is 5.95 Å². The fourth-order valence-electron chi connectivity index (χ4n) is 0.593. The maximum Gasteiger partial charge on any atom is 0.213 e. The molecule has 1 N–H and O–H groups in total. The number of rotatable bonds is 1. The lowest BCUT2D eigenvalue weighted by Gasteiger charge is -1.95. The van der Waals surface area contributed by atoms with Gasteiger partial charge >= 0.3 is 0 Å². The standard InChI is InChI=1S/C7H6FNO/c1-2-5-6(10)3-4-7(8)9-5/h2-4,10H,1H2. The lowest BCUT2D eigenvalue weighted by Crippen LogP contribution is -1.85. The van der Waals surface area contributed by atoms with Gasteiger partial charge in [0, 0.05) is 0 Å². The van der Waals surface area contributed by atoms with E-state index in [1.54, 1.807) is 0 Å². The first-order valence-corrected chi connectivity index (χ1v) is 2.72. The van der Waals surface area contributed by atoms with Crippen LogP contribution in [0.2, 0.25) is 0 Å². The van der Waals surface area contributed by atoms with Crippen LogP contribution in [0.3, 0.4) is 0 Å². The molecule has 0 saturated carbocycles. The summed E-state index contributed by atoms with van der Waals surface area (Å²) in [6, 6.07) is 2.32. The molecule has 0 aliphatic carbocycles. The molecule has 2 nitrogen and oxygen atoms in total. The smallest absolute Gasteiger partial charge is 0.213 e. The maximum absolute atomic E-state index is 12.3. The predicted octanol–water partition coefficient (Wildman–Crippen LogP) is 1.57. The number of hydrogen-bond donors (Lipinski definition) is 1. The van der Waals surface area contributed by atoms with Crippen molar-refractivity contribution in [2.24, 2.45) is 0 Å². The molecule has 0 radical (unpaired) electrons. The first-order valence-electron chi connectivity index (χ1n) is 2.72. The highest BCUT2D eigenvalue weighted by Crippen LogP contribution is 2.14. The third-order valence-electron chi connectivity index (χ3n) is 1.06. The van der Waals surface area contributed by atoms with Gasteiger partial charge in [0.1, 0.15) is 11.4 Å². The average Bonchev–Trinajstić information content (AvgIpc) is 1.94. The molecule has 0 aliphatic rings. The minimum atomic E-state index is -0.618. The van der Waals surface area contributed by atoms with Crippen molar-refractivity contribution in [3.8, 4) is 5.75 Å². The first kappa shape index (κ1) is 6.74. The van der Waals surface area contributed by atoms with Crippen LogP contribution in [-0.4, -0.2) is 10.1 Å². The van der Waals surface area contributed by atoms with Gasteiger partial charge in [-0.2, -0.15) is 4.39 Å². The van der Waals surface area contributed by atoms with Crippen LogP contribution in [0.1, 0.15) is 5.69 Å². The Morgan fingerprint density at radius 2 is 2.30 bits per heavy atom. The second-order valence-electron chi connectivity index (χ2n) is 1.74. The Kier molecular flexibility index (Phi) is 1.67. The van der Waals surface area contributed by atoms with Gasteiger partial charge in [-0.1, -0.05) is 6.58 Å². The third kappa shape index (κ3) is 1.13. The van der Waals surface area contributed by atoms with Crippen molar-refractivity contribution in [3.63, 3.8) is 0 Å². The molecule has 52 valence electrons. The third-order valence-corrected chi connectivity index (χ3v) is 1.06. The highest BCUT2D eigenvalue weighted by molar-refractivity contribution is 5.49. The number of aromatic nitrogens is 1. The normalized spacial score (nSPS) is 9.30. The van der Waals surface area contributed by atoms with E-state index in [0.717, 1.165) is 6.07 Å². The molecule has 1 heterocycles. The van der Waals surface area contributed by atoms with E-state index in [9.17, 15) is 4.39 Å². The average molecular weight is 139 g/mol. The van der Waals surface area contributed by atoms with Gasteiger partial charge in [0.05, 0.1) is 0 Å². The van der Waals surface area contributed by atoms with Crippen molar-refractivity contribution >= 4 is 6.08 Å². The fourth-order valence-corrected chi connectivity index (χ4v) is 0.593. The van der Waals surface area contributed by atoms with Crippen LogP contribution < -0.4 is 0 Å². The SMILES string of the molecule is C=Cc1nc(F)ccc1O. The number of hydrogen-bond acceptors (Lipinski definition) is 2. The summed E-state index contributed by atoms with van der Waals surface area (Å²) < 4.78 is 12.3. The van der Waals surface area contributed by atoms with E-state index in [-0.39, 0.29) is 11.4 Å². The molecule has 1 aromatic rings. The fraction of sp³-hybridized carbons (Fsp3) is 0. The number of aromatic hydroxyl groups is 1. The minimum absolute atomic E-state index is 0.0589. The molecule has 0 atom stereocenters. The monoisotopic (exact) mass is 139 g/mol. The molecule has 1 rings (SSSR count). The Hall–Kier alpha value is -1.38. The topological polar surface area (TPSA) is 33.1 Å². The molecule has 0 unspecified atom stereocenters. The summed E-state index contributed by atoms with van der Waals surface area (Å²) >= 11 is 0. The van der Waals surface area contributed by atoms with Gasteiger partial charge in [0.2, 0.25) is 5.95 Å². The predicted molar refractivity (Wildman–Crippen MR) is 36.0 cm³/mol. The van der Waals surface area contributed by atoms with Gasteiger partial charge < -0.3 is 5.11 Å². The van der Waals surface area contributed by atoms with Crippen LogP contribution >= 0.6 is 0 Å². The van der Waals surface area contributed by atoms with E-state index in [4.69, 9.17) is 5.11 Å². The zero-order chi connectivity index (χ0) is 7.56. The second-order valence-corrected chi connectivity index (χ2v) is 1.74. The zero-order valence-electron chi connectivity index (χ0n) is 5.21. The van der Waals surface area contributed by atoms with Gasteiger partial charge in [0.15, 0.2) is 0 Å². The molecular weight excluding hydrogens is 133 g/mol. The largest absolute Gasteiger partial charge is 0.506 e. The summed E-state index contributed by atoms with van der Waals surface area (Å²) in [7, 11) is 0. The molecule has 3 heteroatoms. The summed E-state index contributed by atoms with van der Waals surface area (Å²) in [4.78, 5) is 3.36. The van der Waals surface area contributed by atoms with Crippen molar-refractivity contribution in [3.05, 3.63) is 30.4 Å². The van der Waals surface area contributed by atoms with Gasteiger partial charge in [-0.3, -0.25) is 0 Å². The van der Waals surface area contributed by atoms with Crippen LogP contribution in [0.15, 0.2) is 18.7 Å².